The molecule has 0 atom stereocenters. The molecule has 0 aliphatic carbocycles. The number of carbonyl (C=O) groups excluding carboxylic acids is 2. The van der Waals surface area contributed by atoms with Crippen LogP contribution in [0.4, 0.5) is 0 Å². The van der Waals surface area contributed by atoms with Gasteiger partial charge in [0.25, 0.3) is 0 Å². The first-order valence-electron chi connectivity index (χ1n) is 8.75. The molecule has 0 saturated heterocycles. The minimum absolute atomic E-state index is 0.147. The van der Waals surface area contributed by atoms with E-state index in [-0.39, 0.29) is 31.2 Å². The van der Waals surface area contributed by atoms with Crippen LogP contribution < -0.4 is 10.6 Å². The van der Waals surface area contributed by atoms with E-state index >= 15 is 0 Å². The van der Waals surface area contributed by atoms with E-state index in [0.717, 1.165) is 0 Å². The number of rotatable bonds is 15. The third kappa shape index (κ3) is 10.7. The third-order valence-electron chi connectivity index (χ3n) is 3.32. The van der Waals surface area contributed by atoms with E-state index < -0.39 is 0 Å². The van der Waals surface area contributed by atoms with Crippen LogP contribution in [0.3, 0.4) is 0 Å². The summed E-state index contributed by atoms with van der Waals surface area (Å²) >= 11 is 0. The minimum Gasteiger partial charge on any atom is -0.379 e. The number of ether oxygens (including phenoxy) is 3. The molecule has 1 heterocycles. The number of aromatic nitrogens is 3. The summed E-state index contributed by atoms with van der Waals surface area (Å²) in [6.07, 6.45) is 2.07. The van der Waals surface area contributed by atoms with Gasteiger partial charge in [0.1, 0.15) is 5.69 Å². The van der Waals surface area contributed by atoms with Crippen molar-refractivity contribution in [2.75, 3.05) is 46.7 Å². The van der Waals surface area contributed by atoms with Gasteiger partial charge in [0.2, 0.25) is 11.8 Å². The van der Waals surface area contributed by atoms with Crippen molar-refractivity contribution in [3.63, 3.8) is 0 Å². The van der Waals surface area contributed by atoms with E-state index in [4.69, 9.17) is 14.2 Å². The number of nitrogens with zero attached hydrogens (tertiary/aromatic N) is 3. The Balaban J connectivity index is 2.06. The molecule has 10 heteroatoms. The molecular weight excluding hydrogens is 342 g/mol. The molecule has 0 aliphatic rings. The summed E-state index contributed by atoms with van der Waals surface area (Å²) in [5.41, 5.74) is 0.651. The Morgan fingerprint density at radius 2 is 1.69 bits per heavy atom. The predicted octanol–water partition coefficient (Wildman–Crippen LogP) is -0.510. The first-order chi connectivity index (χ1) is 12.7. The summed E-state index contributed by atoms with van der Waals surface area (Å²) in [5.74, 6) is -0.360. The standard InChI is InChI=1S/C16H29N5O5/c1-3-24-8-9-26-11-10-25-7-6-21-13-14(19-20-21)12-18-16(23)5-4-15(22)17-2/h13H,3-12H2,1-2H3,(H,17,22)(H,18,23). The Labute approximate surface area is 153 Å². The lowest BCUT2D eigenvalue weighted by atomic mass is 10.3. The maximum absolute atomic E-state index is 11.6. The summed E-state index contributed by atoms with van der Waals surface area (Å²) < 4.78 is 17.6. The number of carbonyl (C=O) groups is 2. The number of hydrogen-bond acceptors (Lipinski definition) is 7. The number of amides is 2. The molecule has 0 aliphatic heterocycles. The summed E-state index contributed by atoms with van der Waals surface area (Å²) in [4.78, 5) is 22.7. The molecule has 0 radical (unpaired) electrons. The molecule has 0 fully saturated rings. The molecule has 26 heavy (non-hydrogen) atoms. The lowest BCUT2D eigenvalue weighted by Crippen LogP contribution is -2.25. The van der Waals surface area contributed by atoms with Crippen molar-refractivity contribution in [2.45, 2.75) is 32.9 Å². The lowest BCUT2D eigenvalue weighted by molar-refractivity contribution is -0.126. The molecular formula is C16H29N5O5. The third-order valence-corrected chi connectivity index (χ3v) is 3.32. The zero-order valence-corrected chi connectivity index (χ0v) is 15.5. The van der Waals surface area contributed by atoms with Gasteiger partial charge in [-0.2, -0.15) is 0 Å². The minimum atomic E-state index is -0.198. The van der Waals surface area contributed by atoms with E-state index in [0.29, 0.717) is 51.9 Å². The van der Waals surface area contributed by atoms with Gasteiger partial charge in [-0.05, 0) is 6.92 Å². The molecule has 2 amide bonds. The second-order valence-electron chi connectivity index (χ2n) is 5.34. The molecule has 0 saturated carbocycles. The van der Waals surface area contributed by atoms with E-state index in [9.17, 15) is 9.59 Å². The predicted molar refractivity (Wildman–Crippen MR) is 93.3 cm³/mol. The molecule has 1 aromatic rings. The summed E-state index contributed by atoms with van der Waals surface area (Å²) in [6, 6.07) is 0. The normalized spacial score (nSPS) is 10.7. The van der Waals surface area contributed by atoms with Crippen molar-refractivity contribution in [1.29, 1.82) is 0 Å². The van der Waals surface area contributed by atoms with Crippen LogP contribution in [0.2, 0.25) is 0 Å². The Morgan fingerprint density at radius 3 is 2.38 bits per heavy atom. The Kier molecular flexibility index (Phi) is 12.0. The second kappa shape index (κ2) is 14.2. The molecule has 0 aromatic carbocycles. The summed E-state index contributed by atoms with van der Waals surface area (Å²) in [5, 5.41) is 13.1. The lowest BCUT2D eigenvalue weighted by Gasteiger charge is -2.05. The maximum Gasteiger partial charge on any atom is 0.220 e. The van der Waals surface area contributed by atoms with Gasteiger partial charge < -0.3 is 24.8 Å². The Hall–Kier alpha value is -2.04. The van der Waals surface area contributed by atoms with Crippen LogP contribution in [-0.2, 0) is 36.9 Å². The van der Waals surface area contributed by atoms with Crippen LogP contribution in [0.15, 0.2) is 6.20 Å². The van der Waals surface area contributed by atoms with Gasteiger partial charge >= 0.3 is 0 Å². The highest BCUT2D eigenvalue weighted by molar-refractivity contribution is 5.83. The summed E-state index contributed by atoms with van der Waals surface area (Å²) in [7, 11) is 1.54. The highest BCUT2D eigenvalue weighted by atomic mass is 16.5. The van der Waals surface area contributed by atoms with Crippen molar-refractivity contribution in [3.05, 3.63) is 11.9 Å². The molecule has 0 bridgehead atoms. The van der Waals surface area contributed by atoms with Gasteiger partial charge in [-0.1, -0.05) is 5.21 Å². The van der Waals surface area contributed by atoms with Crippen LogP contribution in [-0.4, -0.2) is 73.5 Å². The average molecular weight is 371 g/mol. The van der Waals surface area contributed by atoms with Crippen LogP contribution in [0.5, 0.6) is 0 Å². The zero-order chi connectivity index (χ0) is 19.0. The van der Waals surface area contributed by atoms with Gasteiger partial charge in [-0.15, -0.1) is 5.10 Å². The first-order valence-corrected chi connectivity index (χ1v) is 8.75. The van der Waals surface area contributed by atoms with Crippen LogP contribution in [0.1, 0.15) is 25.5 Å². The van der Waals surface area contributed by atoms with Crippen molar-refractivity contribution < 1.29 is 23.8 Å². The number of hydrogen-bond donors (Lipinski definition) is 2. The van der Waals surface area contributed by atoms with E-state index in [1.807, 2.05) is 6.92 Å². The van der Waals surface area contributed by atoms with Gasteiger partial charge in [-0.3, -0.25) is 9.59 Å². The monoisotopic (exact) mass is 371 g/mol. The molecule has 1 aromatic heterocycles. The van der Waals surface area contributed by atoms with Gasteiger partial charge in [0.05, 0.1) is 52.3 Å². The van der Waals surface area contributed by atoms with E-state index in [2.05, 4.69) is 20.9 Å². The smallest absolute Gasteiger partial charge is 0.220 e. The van der Waals surface area contributed by atoms with E-state index in [1.165, 1.54) is 7.05 Å². The van der Waals surface area contributed by atoms with Crippen LogP contribution in [0.25, 0.3) is 0 Å². The Bertz CT molecular complexity index is 523. The highest BCUT2D eigenvalue weighted by Crippen LogP contribution is 1.95. The van der Waals surface area contributed by atoms with Gasteiger partial charge in [0.15, 0.2) is 0 Å². The number of nitrogens with one attached hydrogen (secondary N) is 2. The zero-order valence-electron chi connectivity index (χ0n) is 15.5. The van der Waals surface area contributed by atoms with Crippen molar-refractivity contribution in [3.8, 4) is 0 Å². The molecule has 0 unspecified atom stereocenters. The molecule has 1 rings (SSSR count). The highest BCUT2D eigenvalue weighted by Gasteiger charge is 2.07. The van der Waals surface area contributed by atoms with Crippen LogP contribution >= 0.6 is 0 Å². The first kappa shape index (κ1) is 22.0. The van der Waals surface area contributed by atoms with Crippen molar-refractivity contribution in [1.82, 2.24) is 25.6 Å². The fraction of sp³-hybridized carbons (Fsp3) is 0.750. The fourth-order valence-electron chi connectivity index (χ4n) is 1.90. The van der Waals surface area contributed by atoms with E-state index in [1.54, 1.807) is 10.9 Å². The second-order valence-corrected chi connectivity index (χ2v) is 5.34. The van der Waals surface area contributed by atoms with Gasteiger partial charge in [-0.25, -0.2) is 4.68 Å². The topological polar surface area (TPSA) is 117 Å². The van der Waals surface area contributed by atoms with Crippen molar-refractivity contribution >= 4 is 11.8 Å². The largest absolute Gasteiger partial charge is 0.379 e. The summed E-state index contributed by atoms with van der Waals surface area (Å²) in [6.45, 7) is 6.18. The molecule has 0 spiro atoms. The molecule has 148 valence electrons. The van der Waals surface area contributed by atoms with Crippen LogP contribution in [0, 0.1) is 0 Å². The van der Waals surface area contributed by atoms with Gasteiger partial charge in [0, 0.05) is 26.5 Å². The SMILES string of the molecule is CCOCCOCCOCCn1cc(CNC(=O)CCC(=O)NC)nn1. The average Bonchev–Trinajstić information content (AvgIpc) is 3.10. The maximum atomic E-state index is 11.6. The Morgan fingerprint density at radius 1 is 1.04 bits per heavy atom. The molecule has 10 nitrogen and oxygen atoms in total. The fourth-order valence-corrected chi connectivity index (χ4v) is 1.90. The molecule has 2 N–H and O–H groups in total. The van der Waals surface area contributed by atoms with Crippen molar-refractivity contribution in [2.24, 2.45) is 0 Å². The quantitative estimate of drug-likeness (QED) is 0.399.